The summed E-state index contributed by atoms with van der Waals surface area (Å²) in [5.41, 5.74) is 7.42. The zero-order valence-electron chi connectivity index (χ0n) is 10.8. The Morgan fingerprint density at radius 1 is 1.39 bits per heavy atom. The highest BCUT2D eigenvalue weighted by molar-refractivity contribution is 7.93. The number of methoxy groups -OCH3 is 1. The van der Waals surface area contributed by atoms with Gasteiger partial charge in [-0.2, -0.15) is 0 Å². The molecule has 0 radical (unpaired) electrons. The van der Waals surface area contributed by atoms with Crippen LogP contribution >= 0.6 is 0 Å². The van der Waals surface area contributed by atoms with Crippen molar-refractivity contribution in [1.82, 2.24) is 0 Å². The van der Waals surface area contributed by atoms with Crippen molar-refractivity contribution in [3.63, 3.8) is 0 Å². The van der Waals surface area contributed by atoms with Crippen LogP contribution in [0.4, 0.5) is 0 Å². The van der Waals surface area contributed by atoms with Crippen molar-refractivity contribution >= 4 is 9.84 Å². The van der Waals surface area contributed by atoms with Gasteiger partial charge in [0, 0.05) is 5.41 Å². The summed E-state index contributed by atoms with van der Waals surface area (Å²) in [6, 6.07) is 5.87. The number of rotatable bonds is 4. The Morgan fingerprint density at radius 3 is 2.50 bits per heavy atom. The third kappa shape index (κ3) is 2.24. The first-order chi connectivity index (χ1) is 8.42. The van der Waals surface area contributed by atoms with Crippen molar-refractivity contribution in [3.05, 3.63) is 29.3 Å². The van der Waals surface area contributed by atoms with Crippen LogP contribution < -0.4 is 10.5 Å². The SMILES string of the molecule is COc1ccc(C2(CCN)CS(=O)(=O)C2)cc1C. The summed E-state index contributed by atoms with van der Waals surface area (Å²) in [4.78, 5) is 0. The number of benzene rings is 1. The van der Waals surface area contributed by atoms with Crippen LogP contribution in [0, 0.1) is 6.92 Å². The van der Waals surface area contributed by atoms with E-state index in [-0.39, 0.29) is 16.9 Å². The zero-order chi connectivity index (χ0) is 13.4. The first-order valence-electron chi connectivity index (χ1n) is 5.98. The molecule has 0 bridgehead atoms. The molecular formula is C13H19NO3S. The topological polar surface area (TPSA) is 69.4 Å². The van der Waals surface area contributed by atoms with Gasteiger partial charge in [-0.25, -0.2) is 8.42 Å². The van der Waals surface area contributed by atoms with E-state index in [0.29, 0.717) is 13.0 Å². The van der Waals surface area contributed by atoms with Gasteiger partial charge >= 0.3 is 0 Å². The van der Waals surface area contributed by atoms with Crippen molar-refractivity contribution in [2.24, 2.45) is 5.73 Å². The Morgan fingerprint density at radius 2 is 2.06 bits per heavy atom. The summed E-state index contributed by atoms with van der Waals surface area (Å²) in [5.74, 6) is 1.25. The summed E-state index contributed by atoms with van der Waals surface area (Å²) < 4.78 is 28.2. The molecule has 0 saturated carbocycles. The van der Waals surface area contributed by atoms with Crippen molar-refractivity contribution < 1.29 is 13.2 Å². The summed E-state index contributed by atoms with van der Waals surface area (Å²) in [7, 11) is -1.24. The van der Waals surface area contributed by atoms with Gasteiger partial charge in [0.2, 0.25) is 0 Å². The molecule has 0 aromatic heterocycles. The second-order valence-corrected chi connectivity index (χ2v) is 7.10. The molecule has 100 valence electrons. The molecule has 1 heterocycles. The fourth-order valence-corrected chi connectivity index (χ4v) is 4.96. The number of ether oxygens (including phenoxy) is 1. The van der Waals surface area contributed by atoms with E-state index in [1.807, 2.05) is 25.1 Å². The fraction of sp³-hybridized carbons (Fsp3) is 0.538. The largest absolute Gasteiger partial charge is 0.496 e. The third-order valence-electron chi connectivity index (χ3n) is 3.62. The Bertz CT molecular complexity index is 539. The van der Waals surface area contributed by atoms with Crippen LogP contribution in [-0.4, -0.2) is 33.6 Å². The Labute approximate surface area is 108 Å². The molecule has 1 aromatic carbocycles. The highest BCUT2D eigenvalue weighted by atomic mass is 32.2. The van der Waals surface area contributed by atoms with E-state index in [2.05, 4.69) is 0 Å². The summed E-state index contributed by atoms with van der Waals surface area (Å²) in [6.07, 6.45) is 0.706. The van der Waals surface area contributed by atoms with E-state index in [0.717, 1.165) is 16.9 Å². The lowest BCUT2D eigenvalue weighted by atomic mass is 9.79. The van der Waals surface area contributed by atoms with Gasteiger partial charge in [0.25, 0.3) is 0 Å². The molecule has 1 aromatic rings. The summed E-state index contributed by atoms with van der Waals surface area (Å²) in [5, 5.41) is 0. The van der Waals surface area contributed by atoms with E-state index in [4.69, 9.17) is 10.5 Å². The van der Waals surface area contributed by atoms with Crippen molar-refractivity contribution in [3.8, 4) is 5.75 Å². The second-order valence-electron chi connectivity index (χ2n) is 5.04. The van der Waals surface area contributed by atoms with Gasteiger partial charge in [0.1, 0.15) is 5.75 Å². The summed E-state index contributed by atoms with van der Waals surface area (Å²) >= 11 is 0. The van der Waals surface area contributed by atoms with E-state index in [9.17, 15) is 8.42 Å². The molecule has 0 unspecified atom stereocenters. The van der Waals surface area contributed by atoms with Gasteiger partial charge < -0.3 is 10.5 Å². The van der Waals surface area contributed by atoms with E-state index >= 15 is 0 Å². The van der Waals surface area contributed by atoms with Crippen molar-refractivity contribution in [2.45, 2.75) is 18.8 Å². The highest BCUT2D eigenvalue weighted by Crippen LogP contribution is 2.40. The van der Waals surface area contributed by atoms with Crippen LogP contribution in [0.2, 0.25) is 0 Å². The standard InChI is InChI=1S/C13H19NO3S/c1-10-7-11(3-4-12(10)17-2)13(5-6-14)8-18(15,16)9-13/h3-4,7H,5-6,8-9,14H2,1-2H3. The molecule has 2 N–H and O–H groups in total. The van der Waals surface area contributed by atoms with Gasteiger partial charge in [-0.05, 0) is 37.1 Å². The van der Waals surface area contributed by atoms with E-state index < -0.39 is 9.84 Å². The number of hydrogen-bond donors (Lipinski definition) is 1. The van der Waals surface area contributed by atoms with Gasteiger partial charge in [-0.1, -0.05) is 12.1 Å². The van der Waals surface area contributed by atoms with Crippen LogP contribution in [0.25, 0.3) is 0 Å². The van der Waals surface area contributed by atoms with Crippen LogP contribution in [0.1, 0.15) is 17.5 Å². The molecule has 1 aliphatic rings. The number of nitrogens with two attached hydrogens (primary N) is 1. The lowest BCUT2D eigenvalue weighted by molar-refractivity contribution is 0.408. The van der Waals surface area contributed by atoms with E-state index in [1.54, 1.807) is 7.11 Å². The predicted molar refractivity (Wildman–Crippen MR) is 71.7 cm³/mol. The molecular weight excluding hydrogens is 250 g/mol. The van der Waals surface area contributed by atoms with Crippen molar-refractivity contribution in [1.29, 1.82) is 0 Å². The molecule has 0 spiro atoms. The molecule has 1 saturated heterocycles. The average molecular weight is 269 g/mol. The van der Waals surface area contributed by atoms with Crippen LogP contribution in [0.15, 0.2) is 18.2 Å². The highest BCUT2D eigenvalue weighted by Gasteiger charge is 2.48. The van der Waals surface area contributed by atoms with Crippen LogP contribution in [0.5, 0.6) is 5.75 Å². The van der Waals surface area contributed by atoms with Crippen LogP contribution in [-0.2, 0) is 15.3 Å². The summed E-state index contributed by atoms with van der Waals surface area (Å²) in [6.45, 7) is 2.46. The minimum Gasteiger partial charge on any atom is -0.496 e. The van der Waals surface area contributed by atoms with Gasteiger partial charge in [0.15, 0.2) is 9.84 Å². The lowest BCUT2D eigenvalue weighted by Crippen LogP contribution is -2.53. The number of sulfone groups is 1. The molecule has 4 nitrogen and oxygen atoms in total. The van der Waals surface area contributed by atoms with Crippen LogP contribution in [0.3, 0.4) is 0 Å². The predicted octanol–water partition coefficient (Wildman–Crippen LogP) is 1.02. The molecule has 18 heavy (non-hydrogen) atoms. The number of aryl methyl sites for hydroxylation is 1. The van der Waals surface area contributed by atoms with Gasteiger partial charge in [-0.3, -0.25) is 0 Å². The first kappa shape index (κ1) is 13.4. The molecule has 0 amide bonds. The molecule has 0 atom stereocenters. The normalized spacial score (nSPS) is 20.2. The maximum Gasteiger partial charge on any atom is 0.152 e. The Hall–Kier alpha value is -1.07. The maximum atomic E-state index is 11.5. The van der Waals surface area contributed by atoms with E-state index in [1.165, 1.54) is 0 Å². The quantitative estimate of drug-likeness (QED) is 0.886. The lowest BCUT2D eigenvalue weighted by Gasteiger charge is -2.41. The Kier molecular flexibility index (Phi) is 3.38. The average Bonchev–Trinajstić information content (AvgIpc) is 2.26. The molecule has 1 fully saturated rings. The molecule has 0 aliphatic carbocycles. The Balaban J connectivity index is 2.36. The van der Waals surface area contributed by atoms with Gasteiger partial charge in [0.05, 0.1) is 18.6 Å². The molecule has 2 rings (SSSR count). The fourth-order valence-electron chi connectivity index (χ4n) is 2.74. The maximum absolute atomic E-state index is 11.5. The monoisotopic (exact) mass is 269 g/mol. The minimum atomic E-state index is -2.87. The smallest absolute Gasteiger partial charge is 0.152 e. The zero-order valence-corrected chi connectivity index (χ0v) is 11.6. The van der Waals surface area contributed by atoms with Gasteiger partial charge in [-0.15, -0.1) is 0 Å². The number of hydrogen-bond acceptors (Lipinski definition) is 4. The van der Waals surface area contributed by atoms with Crippen molar-refractivity contribution in [2.75, 3.05) is 25.2 Å². The molecule has 1 aliphatic heterocycles. The second kappa shape index (κ2) is 4.55. The first-order valence-corrected chi connectivity index (χ1v) is 7.80. The minimum absolute atomic E-state index is 0.211. The molecule has 5 heteroatoms. The third-order valence-corrected chi connectivity index (χ3v) is 5.61.